The molecule has 1 aromatic heterocycles. The summed E-state index contributed by atoms with van der Waals surface area (Å²) in [6.45, 7) is -0.0716. The minimum absolute atomic E-state index is 0.0716. The minimum Gasteiger partial charge on any atom is -0.459 e. The molecule has 150 valence electrons. The van der Waals surface area contributed by atoms with Crippen molar-refractivity contribution in [2.45, 2.75) is 6.54 Å². The monoisotopic (exact) mass is 408 g/mol. The number of fused-ring (bicyclic) bond motifs is 2. The lowest BCUT2D eigenvalue weighted by Crippen LogP contribution is -2.48. The van der Waals surface area contributed by atoms with Gasteiger partial charge in [0.1, 0.15) is 0 Å². The molecule has 0 unspecified atom stereocenters. The second-order valence-electron chi connectivity index (χ2n) is 7.38. The largest absolute Gasteiger partial charge is 0.638 e. The molecule has 5 rings (SSSR count). The third-order valence-electron chi connectivity index (χ3n) is 5.48. The maximum absolute atomic E-state index is 13.2. The standard InChI is InChI=1S/C26H18N2O3/c29-24(20-15-14-18-8-4-5-9-19(18)16-20)17-27-23-13-7-6-12-22(23)25(30)28(26(27)31)21-10-2-1-3-11-21/h1-16H,17H2/p+2. The third-order valence-corrected chi connectivity index (χ3v) is 5.48. The van der Waals surface area contributed by atoms with Crippen LogP contribution in [0.25, 0.3) is 27.4 Å². The number of aromatic nitrogens is 2. The van der Waals surface area contributed by atoms with E-state index in [-0.39, 0.29) is 24.2 Å². The Kier molecular flexibility index (Phi) is 4.56. The van der Waals surface area contributed by atoms with Crippen LogP contribution in [0.15, 0.2) is 97.1 Å². The smallest absolute Gasteiger partial charge is 0.459 e. The number of carbonyl (C=O) groups is 1. The van der Waals surface area contributed by atoms with Crippen LogP contribution in [0.1, 0.15) is 10.4 Å². The SMILES string of the molecule is O=C(C[n+]1c(O)[n+](-c2ccccc2)c(O)c2ccccc21)c1ccc2ccccc2c1. The average Bonchev–Trinajstić information content (AvgIpc) is 2.82. The molecule has 0 saturated heterocycles. The lowest BCUT2D eigenvalue weighted by molar-refractivity contribution is -0.774. The molecule has 5 aromatic rings. The Balaban J connectivity index is 1.66. The van der Waals surface area contributed by atoms with E-state index in [1.807, 2.05) is 66.7 Å². The van der Waals surface area contributed by atoms with Crippen LogP contribution in [-0.2, 0) is 6.54 Å². The first-order chi connectivity index (χ1) is 15.1. The molecule has 5 nitrogen and oxygen atoms in total. The molecule has 0 amide bonds. The Morgan fingerprint density at radius 2 is 1.42 bits per heavy atom. The van der Waals surface area contributed by atoms with Gasteiger partial charge < -0.3 is 10.2 Å². The molecule has 0 saturated carbocycles. The van der Waals surface area contributed by atoms with Gasteiger partial charge in [0.2, 0.25) is 23.5 Å². The number of Topliss-reactive ketones (excluding diaryl/α,β-unsaturated/α-hetero) is 1. The zero-order valence-electron chi connectivity index (χ0n) is 16.6. The van der Waals surface area contributed by atoms with Crippen molar-refractivity contribution < 1.29 is 24.1 Å². The predicted molar refractivity (Wildman–Crippen MR) is 117 cm³/mol. The molecule has 31 heavy (non-hydrogen) atoms. The van der Waals surface area contributed by atoms with Gasteiger partial charge in [-0.15, -0.1) is 0 Å². The Bertz CT molecular complexity index is 1450. The Hall–Kier alpha value is -4.25. The van der Waals surface area contributed by atoms with E-state index < -0.39 is 0 Å². The zero-order chi connectivity index (χ0) is 21.4. The summed E-state index contributed by atoms with van der Waals surface area (Å²) in [5.74, 6) is -0.227. The number of nitrogens with zero attached hydrogens (tertiary/aromatic N) is 2. The van der Waals surface area contributed by atoms with E-state index in [9.17, 15) is 15.0 Å². The molecule has 0 spiro atoms. The highest BCUT2D eigenvalue weighted by Crippen LogP contribution is 2.23. The van der Waals surface area contributed by atoms with Gasteiger partial charge in [-0.25, -0.2) is 0 Å². The zero-order valence-corrected chi connectivity index (χ0v) is 16.6. The molecule has 0 aliphatic carbocycles. The van der Waals surface area contributed by atoms with Crippen molar-refractivity contribution in [1.29, 1.82) is 0 Å². The van der Waals surface area contributed by atoms with Gasteiger partial charge in [0.25, 0.3) is 0 Å². The van der Waals surface area contributed by atoms with Crippen LogP contribution in [0.3, 0.4) is 0 Å². The fourth-order valence-corrected chi connectivity index (χ4v) is 3.91. The second kappa shape index (κ2) is 7.54. The van der Waals surface area contributed by atoms with Crippen LogP contribution in [0.2, 0.25) is 0 Å². The molecule has 0 bridgehead atoms. The van der Waals surface area contributed by atoms with Crippen molar-refractivity contribution in [1.82, 2.24) is 0 Å². The molecular formula is C26H20N2O3+2. The lowest BCUT2D eigenvalue weighted by Gasteiger charge is -2.05. The van der Waals surface area contributed by atoms with Crippen molar-refractivity contribution in [3.05, 3.63) is 103 Å². The first-order valence-corrected chi connectivity index (χ1v) is 9.99. The van der Waals surface area contributed by atoms with Crippen LogP contribution in [0.5, 0.6) is 11.9 Å². The number of carbonyl (C=O) groups excluding carboxylic acids is 1. The van der Waals surface area contributed by atoms with Crippen molar-refractivity contribution in [2.75, 3.05) is 0 Å². The fraction of sp³-hybridized carbons (Fsp3) is 0.0385. The summed E-state index contributed by atoms with van der Waals surface area (Å²) in [6, 6.07) is 29.5. The summed E-state index contributed by atoms with van der Waals surface area (Å²) >= 11 is 0. The van der Waals surface area contributed by atoms with Gasteiger partial charge in [0, 0.05) is 23.8 Å². The molecule has 5 heteroatoms. The van der Waals surface area contributed by atoms with E-state index in [0.29, 0.717) is 22.2 Å². The average molecular weight is 408 g/mol. The first-order valence-electron chi connectivity index (χ1n) is 9.99. The molecule has 0 atom stereocenters. The van der Waals surface area contributed by atoms with Gasteiger partial charge in [-0.1, -0.05) is 71.3 Å². The highest BCUT2D eigenvalue weighted by molar-refractivity contribution is 5.99. The van der Waals surface area contributed by atoms with Gasteiger partial charge in [-0.3, -0.25) is 4.79 Å². The topological polar surface area (TPSA) is 65.3 Å². The summed E-state index contributed by atoms with van der Waals surface area (Å²) in [7, 11) is 0. The molecule has 0 fully saturated rings. The quantitative estimate of drug-likeness (QED) is 0.351. The second-order valence-corrected chi connectivity index (χ2v) is 7.38. The maximum atomic E-state index is 13.2. The van der Waals surface area contributed by atoms with Crippen molar-refractivity contribution in [2.24, 2.45) is 0 Å². The van der Waals surface area contributed by atoms with E-state index in [1.54, 1.807) is 30.3 Å². The maximum Gasteiger partial charge on any atom is 0.638 e. The number of para-hydroxylation sites is 2. The Morgan fingerprint density at radius 1 is 0.742 bits per heavy atom. The van der Waals surface area contributed by atoms with Crippen molar-refractivity contribution in [3.63, 3.8) is 0 Å². The number of rotatable bonds is 4. The Labute approximate surface area is 178 Å². The molecule has 0 radical (unpaired) electrons. The van der Waals surface area contributed by atoms with E-state index in [2.05, 4.69) is 0 Å². The number of hydrogen-bond acceptors (Lipinski definition) is 3. The predicted octanol–water partition coefficient (Wildman–Crippen LogP) is 3.85. The van der Waals surface area contributed by atoms with Gasteiger partial charge in [0.05, 0.1) is 0 Å². The van der Waals surface area contributed by atoms with E-state index in [1.165, 1.54) is 9.13 Å². The molecule has 0 aliphatic rings. The molecule has 4 aromatic carbocycles. The van der Waals surface area contributed by atoms with E-state index >= 15 is 0 Å². The molecule has 2 N–H and O–H groups in total. The first kappa shape index (κ1) is 18.8. The van der Waals surface area contributed by atoms with E-state index in [0.717, 1.165) is 10.8 Å². The number of aromatic hydroxyl groups is 2. The normalized spacial score (nSPS) is 11.1. The number of benzene rings is 4. The summed E-state index contributed by atoms with van der Waals surface area (Å²) in [4.78, 5) is 13.2. The summed E-state index contributed by atoms with van der Waals surface area (Å²) in [5, 5.41) is 24.6. The van der Waals surface area contributed by atoms with Crippen LogP contribution in [0, 0.1) is 0 Å². The van der Waals surface area contributed by atoms with E-state index in [4.69, 9.17) is 0 Å². The summed E-state index contributed by atoms with van der Waals surface area (Å²) < 4.78 is 2.87. The van der Waals surface area contributed by atoms with Crippen molar-refractivity contribution in [3.8, 4) is 17.6 Å². The van der Waals surface area contributed by atoms with Gasteiger partial charge >= 0.3 is 11.9 Å². The van der Waals surface area contributed by atoms with Crippen LogP contribution in [-0.4, -0.2) is 16.0 Å². The van der Waals surface area contributed by atoms with Crippen molar-refractivity contribution >= 4 is 27.5 Å². The summed E-state index contributed by atoms with van der Waals surface area (Å²) in [6.07, 6.45) is 0. The fourth-order valence-electron chi connectivity index (χ4n) is 3.91. The molecular weight excluding hydrogens is 388 g/mol. The van der Waals surface area contributed by atoms with Crippen LogP contribution < -0.4 is 9.13 Å². The van der Waals surface area contributed by atoms with Gasteiger partial charge in [0.15, 0.2) is 5.39 Å². The highest BCUT2D eigenvalue weighted by Gasteiger charge is 2.36. The molecule has 0 aliphatic heterocycles. The lowest BCUT2D eigenvalue weighted by atomic mass is 10.0. The highest BCUT2D eigenvalue weighted by atomic mass is 16.3. The minimum atomic E-state index is -0.225. The molecule has 1 heterocycles. The van der Waals surface area contributed by atoms with Crippen LogP contribution in [0.4, 0.5) is 0 Å². The summed E-state index contributed by atoms with van der Waals surface area (Å²) in [5.41, 5.74) is 1.72. The van der Waals surface area contributed by atoms with Gasteiger partial charge in [-0.2, -0.15) is 0 Å². The number of ketones is 1. The van der Waals surface area contributed by atoms with Crippen LogP contribution >= 0.6 is 0 Å². The Morgan fingerprint density at radius 3 is 2.23 bits per heavy atom. The number of hydrogen-bond donors (Lipinski definition) is 2. The third kappa shape index (κ3) is 3.26. The van der Waals surface area contributed by atoms with Gasteiger partial charge in [-0.05, 0) is 27.5 Å².